The number of rotatable bonds is 0. The molecule has 0 radical (unpaired) electrons. The van der Waals surface area contributed by atoms with Crippen molar-refractivity contribution >= 4 is 27.9 Å². The molecule has 0 saturated carbocycles. The first-order valence-corrected chi connectivity index (χ1v) is 4.33. The number of anilines is 1. The molecule has 1 aromatic carbocycles. The molecule has 4 nitrogen and oxygen atoms in total. The number of aromatic amines is 1. The summed E-state index contributed by atoms with van der Waals surface area (Å²) in [5.74, 6) is 0.441. The number of imidazole rings is 1. The summed E-state index contributed by atoms with van der Waals surface area (Å²) in [6.45, 7) is 0. The molecule has 14 heavy (non-hydrogen) atoms. The van der Waals surface area contributed by atoms with Crippen LogP contribution in [-0.2, 0) is 0 Å². The van der Waals surface area contributed by atoms with Crippen molar-refractivity contribution < 1.29 is 0 Å². The van der Waals surface area contributed by atoms with Crippen LogP contribution in [0, 0.1) is 0 Å². The molecule has 0 aliphatic heterocycles. The molecule has 2 heterocycles. The van der Waals surface area contributed by atoms with Crippen molar-refractivity contribution in [1.29, 1.82) is 0 Å². The maximum Gasteiger partial charge on any atom is 0.198 e. The van der Waals surface area contributed by atoms with E-state index in [1.807, 2.05) is 24.3 Å². The van der Waals surface area contributed by atoms with Gasteiger partial charge in [0.2, 0.25) is 0 Å². The molecule has 3 rings (SSSR count). The third kappa shape index (κ3) is 0.877. The Hall–Kier alpha value is -2.10. The fourth-order valence-electron chi connectivity index (χ4n) is 1.64. The van der Waals surface area contributed by atoms with Gasteiger partial charge in [-0.25, -0.2) is 4.98 Å². The van der Waals surface area contributed by atoms with Gasteiger partial charge in [-0.15, -0.1) is 0 Å². The van der Waals surface area contributed by atoms with Gasteiger partial charge in [0.25, 0.3) is 0 Å². The van der Waals surface area contributed by atoms with Gasteiger partial charge in [-0.05, 0) is 24.3 Å². The molecule has 0 spiro atoms. The van der Waals surface area contributed by atoms with E-state index < -0.39 is 0 Å². The summed E-state index contributed by atoms with van der Waals surface area (Å²) >= 11 is 0. The Morgan fingerprint density at radius 1 is 1.21 bits per heavy atom. The van der Waals surface area contributed by atoms with Crippen molar-refractivity contribution in [3.8, 4) is 0 Å². The lowest BCUT2D eigenvalue weighted by Crippen LogP contribution is -1.84. The van der Waals surface area contributed by atoms with E-state index in [9.17, 15) is 0 Å². The van der Waals surface area contributed by atoms with E-state index in [0.717, 1.165) is 21.9 Å². The Bertz CT molecular complexity index is 612. The smallest absolute Gasteiger partial charge is 0.198 e. The van der Waals surface area contributed by atoms with Gasteiger partial charge in [0.1, 0.15) is 0 Å². The van der Waals surface area contributed by atoms with Crippen molar-refractivity contribution in [2.75, 3.05) is 5.73 Å². The molecule has 0 aliphatic rings. The lowest BCUT2D eigenvalue weighted by molar-refractivity contribution is 1.36. The quantitative estimate of drug-likeness (QED) is 0.558. The summed E-state index contributed by atoms with van der Waals surface area (Å²) in [6, 6.07) is 7.78. The van der Waals surface area contributed by atoms with Crippen molar-refractivity contribution in [3.63, 3.8) is 0 Å². The molecule has 0 saturated heterocycles. The van der Waals surface area contributed by atoms with E-state index in [0.29, 0.717) is 5.95 Å². The molecule has 0 aliphatic carbocycles. The molecule has 3 aromatic rings. The molecule has 68 valence electrons. The van der Waals surface area contributed by atoms with Crippen molar-refractivity contribution in [2.24, 2.45) is 0 Å². The van der Waals surface area contributed by atoms with Crippen LogP contribution in [0.15, 0.2) is 30.5 Å². The Balaban J connectivity index is 2.60. The first-order valence-electron chi connectivity index (χ1n) is 4.33. The molecule has 0 unspecified atom stereocenters. The standard InChI is InChI=1S/C10H8N4/c11-10-13-8-4-3-7-6(9(8)14-10)2-1-5-12-7/h1-5H,(H3,11,13,14). The second-order valence-corrected chi connectivity index (χ2v) is 3.15. The van der Waals surface area contributed by atoms with E-state index in [2.05, 4.69) is 15.0 Å². The zero-order valence-corrected chi connectivity index (χ0v) is 7.36. The fraction of sp³-hybridized carbons (Fsp3) is 0. The van der Waals surface area contributed by atoms with Crippen LogP contribution in [-0.4, -0.2) is 15.0 Å². The van der Waals surface area contributed by atoms with Gasteiger partial charge >= 0.3 is 0 Å². The van der Waals surface area contributed by atoms with E-state index in [-0.39, 0.29) is 0 Å². The number of benzene rings is 1. The van der Waals surface area contributed by atoms with Gasteiger partial charge in [0.05, 0.1) is 16.6 Å². The third-order valence-corrected chi connectivity index (χ3v) is 2.25. The average Bonchev–Trinajstić information content (AvgIpc) is 2.59. The summed E-state index contributed by atoms with van der Waals surface area (Å²) in [7, 11) is 0. The number of hydrogen-bond acceptors (Lipinski definition) is 3. The second-order valence-electron chi connectivity index (χ2n) is 3.15. The van der Waals surface area contributed by atoms with E-state index >= 15 is 0 Å². The van der Waals surface area contributed by atoms with Crippen LogP contribution in [0.2, 0.25) is 0 Å². The SMILES string of the molecule is Nc1nc2c(ccc3ncccc32)[nH]1. The minimum absolute atomic E-state index is 0.441. The summed E-state index contributed by atoms with van der Waals surface area (Å²) in [4.78, 5) is 11.5. The van der Waals surface area contributed by atoms with E-state index in [1.54, 1.807) is 6.20 Å². The van der Waals surface area contributed by atoms with Crippen molar-refractivity contribution in [1.82, 2.24) is 15.0 Å². The van der Waals surface area contributed by atoms with Crippen LogP contribution in [0.25, 0.3) is 21.9 Å². The van der Waals surface area contributed by atoms with Crippen LogP contribution in [0.1, 0.15) is 0 Å². The summed E-state index contributed by atoms with van der Waals surface area (Å²) in [5.41, 5.74) is 8.36. The molecule has 3 N–H and O–H groups in total. The maximum atomic E-state index is 5.59. The minimum atomic E-state index is 0.441. The number of nitrogens with one attached hydrogen (secondary N) is 1. The maximum absolute atomic E-state index is 5.59. The largest absolute Gasteiger partial charge is 0.369 e. The summed E-state index contributed by atoms with van der Waals surface area (Å²) < 4.78 is 0. The molecular formula is C10H8N4. The highest BCUT2D eigenvalue weighted by atomic mass is 15.0. The molecule has 4 heteroatoms. The van der Waals surface area contributed by atoms with Gasteiger partial charge in [-0.2, -0.15) is 0 Å². The lowest BCUT2D eigenvalue weighted by atomic mass is 10.2. The number of nitrogen functional groups attached to an aromatic ring is 1. The van der Waals surface area contributed by atoms with E-state index in [1.165, 1.54) is 0 Å². The number of nitrogens with two attached hydrogens (primary N) is 1. The van der Waals surface area contributed by atoms with Crippen LogP contribution in [0.3, 0.4) is 0 Å². The van der Waals surface area contributed by atoms with Crippen LogP contribution in [0.4, 0.5) is 5.95 Å². The fourth-order valence-corrected chi connectivity index (χ4v) is 1.64. The van der Waals surface area contributed by atoms with E-state index in [4.69, 9.17) is 5.73 Å². The van der Waals surface area contributed by atoms with Crippen molar-refractivity contribution in [3.05, 3.63) is 30.5 Å². The number of H-pyrrole nitrogens is 1. The van der Waals surface area contributed by atoms with Gasteiger partial charge in [-0.1, -0.05) is 0 Å². The number of hydrogen-bond donors (Lipinski definition) is 2. The Morgan fingerprint density at radius 2 is 2.14 bits per heavy atom. The molecule has 0 bridgehead atoms. The number of fused-ring (bicyclic) bond motifs is 3. The second kappa shape index (κ2) is 2.45. The van der Waals surface area contributed by atoms with Gasteiger partial charge in [0, 0.05) is 11.6 Å². The van der Waals surface area contributed by atoms with Gasteiger partial charge in [-0.3, -0.25) is 4.98 Å². The molecule has 0 amide bonds. The highest BCUT2D eigenvalue weighted by Crippen LogP contribution is 2.22. The van der Waals surface area contributed by atoms with Gasteiger partial charge in [0.15, 0.2) is 5.95 Å². The molecule has 0 atom stereocenters. The first-order chi connectivity index (χ1) is 6.84. The van der Waals surface area contributed by atoms with Crippen molar-refractivity contribution in [2.45, 2.75) is 0 Å². The summed E-state index contributed by atoms with van der Waals surface area (Å²) in [6.07, 6.45) is 1.77. The number of pyridine rings is 1. The average molecular weight is 184 g/mol. The highest BCUT2D eigenvalue weighted by molar-refractivity contribution is 6.02. The molecular weight excluding hydrogens is 176 g/mol. The van der Waals surface area contributed by atoms with Crippen LogP contribution < -0.4 is 5.73 Å². The Labute approximate surface area is 79.8 Å². The topological polar surface area (TPSA) is 67.6 Å². The Morgan fingerprint density at radius 3 is 3.07 bits per heavy atom. The predicted octanol–water partition coefficient (Wildman–Crippen LogP) is 1.69. The zero-order valence-electron chi connectivity index (χ0n) is 7.36. The van der Waals surface area contributed by atoms with Crippen LogP contribution >= 0.6 is 0 Å². The van der Waals surface area contributed by atoms with Crippen LogP contribution in [0.5, 0.6) is 0 Å². The summed E-state index contributed by atoms with van der Waals surface area (Å²) in [5, 5.41) is 1.03. The highest BCUT2D eigenvalue weighted by Gasteiger charge is 2.04. The minimum Gasteiger partial charge on any atom is -0.369 e. The third-order valence-electron chi connectivity index (χ3n) is 2.25. The molecule has 0 fully saturated rings. The number of nitrogens with zero attached hydrogens (tertiary/aromatic N) is 2. The van der Waals surface area contributed by atoms with Gasteiger partial charge < -0.3 is 10.7 Å². The zero-order chi connectivity index (χ0) is 9.54. The predicted molar refractivity (Wildman–Crippen MR) is 55.8 cm³/mol. The lowest BCUT2D eigenvalue weighted by Gasteiger charge is -1.95. The first kappa shape index (κ1) is 7.32. The Kier molecular flexibility index (Phi) is 1.28. The monoisotopic (exact) mass is 184 g/mol. The number of aromatic nitrogens is 3. The normalized spacial score (nSPS) is 11.1. The molecule has 2 aromatic heterocycles.